The van der Waals surface area contributed by atoms with Gasteiger partial charge in [0.2, 0.25) is 0 Å². The second kappa shape index (κ2) is 10.2. The molecule has 0 amide bonds. The minimum absolute atomic E-state index is 0.161. The highest BCUT2D eigenvalue weighted by molar-refractivity contribution is 6.31. The van der Waals surface area contributed by atoms with Crippen LogP contribution in [0.3, 0.4) is 0 Å². The fourth-order valence-corrected chi connectivity index (χ4v) is 2.77. The third kappa shape index (κ3) is 6.23. The lowest BCUT2D eigenvalue weighted by atomic mass is 9.99. The van der Waals surface area contributed by atoms with Crippen molar-refractivity contribution in [1.82, 2.24) is 5.32 Å². The first kappa shape index (κ1) is 17.5. The lowest BCUT2D eigenvalue weighted by Crippen LogP contribution is -2.21. The van der Waals surface area contributed by atoms with Crippen molar-refractivity contribution in [3.8, 4) is 0 Å². The zero-order valence-electron chi connectivity index (χ0n) is 12.7. The molecule has 0 fully saturated rings. The molecule has 1 unspecified atom stereocenters. The molecule has 0 saturated carbocycles. The van der Waals surface area contributed by atoms with Gasteiger partial charge < -0.3 is 5.32 Å². The summed E-state index contributed by atoms with van der Waals surface area (Å²) in [5.74, 6) is -0.213. The van der Waals surface area contributed by atoms with Crippen molar-refractivity contribution in [3.05, 3.63) is 34.6 Å². The number of rotatable bonds is 10. The molecule has 0 spiro atoms. The van der Waals surface area contributed by atoms with Gasteiger partial charge in [0.05, 0.1) is 0 Å². The molecule has 0 aliphatic heterocycles. The number of hydrogen-bond donors (Lipinski definition) is 1. The molecule has 0 radical (unpaired) electrons. The number of nitrogens with one attached hydrogen (secondary N) is 1. The second-order valence-electron chi connectivity index (χ2n) is 5.33. The largest absolute Gasteiger partial charge is 0.310 e. The molecule has 1 aromatic rings. The van der Waals surface area contributed by atoms with E-state index in [1.807, 2.05) is 0 Å². The third-order valence-corrected chi connectivity index (χ3v) is 3.97. The van der Waals surface area contributed by atoms with E-state index in [4.69, 9.17) is 11.6 Å². The van der Waals surface area contributed by atoms with Crippen molar-refractivity contribution in [1.29, 1.82) is 0 Å². The maximum Gasteiger partial charge on any atom is 0.123 e. The molecule has 1 atom stereocenters. The van der Waals surface area contributed by atoms with Crippen LogP contribution in [-0.2, 0) is 0 Å². The number of halogens is 2. The Morgan fingerprint density at radius 1 is 1.10 bits per heavy atom. The Hall–Kier alpha value is -0.600. The molecule has 0 aromatic heterocycles. The van der Waals surface area contributed by atoms with Gasteiger partial charge in [-0.3, -0.25) is 0 Å². The molecular formula is C17H27ClFN. The standard InChI is InChI=1S/C17H27ClFN/c1-3-5-6-7-8-9-10-17(20-4-2)15-13-14(19)11-12-16(15)18/h11-13,17,20H,3-10H2,1-2H3. The van der Waals surface area contributed by atoms with Gasteiger partial charge in [-0.1, -0.05) is 64.0 Å². The number of benzene rings is 1. The van der Waals surface area contributed by atoms with Crippen LogP contribution in [0.25, 0.3) is 0 Å². The van der Waals surface area contributed by atoms with E-state index in [0.29, 0.717) is 5.02 Å². The van der Waals surface area contributed by atoms with Gasteiger partial charge in [0.15, 0.2) is 0 Å². The summed E-state index contributed by atoms with van der Waals surface area (Å²) in [4.78, 5) is 0. The second-order valence-corrected chi connectivity index (χ2v) is 5.74. The zero-order valence-corrected chi connectivity index (χ0v) is 13.5. The van der Waals surface area contributed by atoms with Crippen molar-refractivity contribution in [2.45, 2.75) is 64.8 Å². The van der Waals surface area contributed by atoms with Crippen molar-refractivity contribution in [2.24, 2.45) is 0 Å². The van der Waals surface area contributed by atoms with E-state index in [-0.39, 0.29) is 11.9 Å². The fraction of sp³-hybridized carbons (Fsp3) is 0.647. The first-order valence-electron chi connectivity index (χ1n) is 7.87. The number of hydrogen-bond acceptors (Lipinski definition) is 1. The molecule has 0 heterocycles. The smallest absolute Gasteiger partial charge is 0.123 e. The van der Waals surface area contributed by atoms with Gasteiger partial charge in [-0.05, 0) is 36.7 Å². The van der Waals surface area contributed by atoms with Crippen molar-refractivity contribution in [3.63, 3.8) is 0 Å². The average molecular weight is 300 g/mol. The van der Waals surface area contributed by atoms with Gasteiger partial charge in [0.25, 0.3) is 0 Å². The summed E-state index contributed by atoms with van der Waals surface area (Å²) in [6.07, 6.45) is 8.64. The summed E-state index contributed by atoms with van der Waals surface area (Å²) in [6.45, 7) is 5.17. The Morgan fingerprint density at radius 2 is 1.80 bits per heavy atom. The van der Waals surface area contributed by atoms with Gasteiger partial charge in [-0.15, -0.1) is 0 Å². The summed E-state index contributed by atoms with van der Waals surface area (Å²) in [6, 6.07) is 4.79. The van der Waals surface area contributed by atoms with Crippen molar-refractivity contribution < 1.29 is 4.39 Å². The summed E-state index contributed by atoms with van der Waals surface area (Å²) in [5.41, 5.74) is 0.891. The van der Waals surface area contributed by atoms with Gasteiger partial charge in [-0.2, -0.15) is 0 Å². The van der Waals surface area contributed by atoms with Crippen LogP contribution in [0.1, 0.15) is 70.4 Å². The molecule has 3 heteroatoms. The first-order chi connectivity index (χ1) is 9.69. The predicted molar refractivity (Wildman–Crippen MR) is 85.8 cm³/mol. The molecular weight excluding hydrogens is 273 g/mol. The van der Waals surface area contributed by atoms with Crippen LogP contribution in [0, 0.1) is 5.82 Å². The maximum atomic E-state index is 13.4. The molecule has 0 aliphatic rings. The van der Waals surface area contributed by atoms with E-state index in [9.17, 15) is 4.39 Å². The molecule has 1 aromatic carbocycles. The van der Waals surface area contributed by atoms with Crippen LogP contribution >= 0.6 is 11.6 Å². The lowest BCUT2D eigenvalue weighted by Gasteiger charge is -2.19. The van der Waals surface area contributed by atoms with Crippen LogP contribution in [-0.4, -0.2) is 6.54 Å². The van der Waals surface area contributed by atoms with Crippen molar-refractivity contribution in [2.75, 3.05) is 6.54 Å². The topological polar surface area (TPSA) is 12.0 Å². The minimum Gasteiger partial charge on any atom is -0.310 e. The summed E-state index contributed by atoms with van der Waals surface area (Å²) in [7, 11) is 0. The van der Waals surface area contributed by atoms with Crippen LogP contribution in [0.4, 0.5) is 4.39 Å². The third-order valence-electron chi connectivity index (χ3n) is 3.63. The van der Waals surface area contributed by atoms with Gasteiger partial charge >= 0.3 is 0 Å². The number of unbranched alkanes of at least 4 members (excludes halogenated alkanes) is 5. The van der Waals surface area contributed by atoms with Gasteiger partial charge in [0.1, 0.15) is 5.82 Å². The maximum absolute atomic E-state index is 13.4. The van der Waals surface area contributed by atoms with E-state index in [1.165, 1.54) is 38.2 Å². The minimum atomic E-state index is -0.213. The molecule has 0 aliphatic carbocycles. The van der Waals surface area contributed by atoms with E-state index in [0.717, 1.165) is 24.9 Å². The van der Waals surface area contributed by atoms with E-state index in [1.54, 1.807) is 12.1 Å². The molecule has 114 valence electrons. The highest BCUT2D eigenvalue weighted by Gasteiger charge is 2.14. The van der Waals surface area contributed by atoms with Crippen LogP contribution in [0.5, 0.6) is 0 Å². The normalized spacial score (nSPS) is 12.6. The summed E-state index contributed by atoms with van der Waals surface area (Å²) < 4.78 is 13.4. The van der Waals surface area contributed by atoms with Crippen LogP contribution < -0.4 is 5.32 Å². The quantitative estimate of drug-likeness (QED) is 0.532. The molecule has 20 heavy (non-hydrogen) atoms. The van der Waals surface area contributed by atoms with E-state index in [2.05, 4.69) is 19.2 Å². The van der Waals surface area contributed by atoms with E-state index >= 15 is 0 Å². The van der Waals surface area contributed by atoms with Crippen LogP contribution in [0.2, 0.25) is 5.02 Å². The van der Waals surface area contributed by atoms with E-state index < -0.39 is 0 Å². The molecule has 1 N–H and O–H groups in total. The molecule has 0 bridgehead atoms. The van der Waals surface area contributed by atoms with Crippen molar-refractivity contribution >= 4 is 11.6 Å². The van der Waals surface area contributed by atoms with Crippen LogP contribution in [0.15, 0.2) is 18.2 Å². The summed E-state index contributed by atoms with van der Waals surface area (Å²) in [5, 5.41) is 4.07. The molecule has 1 rings (SSSR count). The SMILES string of the molecule is CCCCCCCCC(NCC)c1cc(F)ccc1Cl. The molecule has 0 saturated heterocycles. The Balaban J connectivity index is 2.49. The first-order valence-corrected chi connectivity index (χ1v) is 8.25. The Kier molecular flexibility index (Phi) is 8.88. The Bertz CT molecular complexity index is 381. The van der Waals surface area contributed by atoms with Gasteiger partial charge in [-0.25, -0.2) is 4.39 Å². The fourth-order valence-electron chi connectivity index (χ4n) is 2.52. The highest BCUT2D eigenvalue weighted by atomic mass is 35.5. The van der Waals surface area contributed by atoms with Gasteiger partial charge in [0, 0.05) is 11.1 Å². The lowest BCUT2D eigenvalue weighted by molar-refractivity contribution is 0.474. The average Bonchev–Trinajstić information content (AvgIpc) is 2.44. The summed E-state index contributed by atoms with van der Waals surface area (Å²) >= 11 is 6.20. The highest BCUT2D eigenvalue weighted by Crippen LogP contribution is 2.27. The monoisotopic (exact) mass is 299 g/mol. The predicted octanol–water partition coefficient (Wildman–Crippen LogP) is 5.88. The Labute approximate surface area is 127 Å². The zero-order chi connectivity index (χ0) is 14.8. The molecule has 1 nitrogen and oxygen atoms in total. The Morgan fingerprint density at radius 3 is 2.50 bits per heavy atom.